The lowest BCUT2D eigenvalue weighted by Crippen LogP contribution is -2.07. The van der Waals surface area contributed by atoms with E-state index in [0.29, 0.717) is 10.9 Å². The maximum Gasteiger partial charge on any atom is 0.222 e. The van der Waals surface area contributed by atoms with E-state index in [1.54, 1.807) is 6.92 Å². The average Bonchev–Trinajstić information content (AvgIpc) is 2.73. The number of ether oxygens (including phenoxy) is 3. The van der Waals surface area contributed by atoms with Gasteiger partial charge in [0.15, 0.2) is 23.0 Å². The Hall–Kier alpha value is -4.22. The number of aromatic nitrogens is 2. The van der Waals surface area contributed by atoms with Gasteiger partial charge >= 0.3 is 0 Å². The molecule has 0 aliphatic carbocycles. The number of nitrogens with one attached hydrogen (secondary N) is 1. The number of phenols is 4. The topological polar surface area (TPSA) is 198 Å². The minimum Gasteiger partial charge on any atom is -0.504 e. The first-order valence-corrected chi connectivity index (χ1v) is 8.91. The molecule has 0 atom stereocenters. The molecule has 0 spiro atoms. The second kappa shape index (κ2) is 7.89. The molecule has 1 aromatic heterocycles. The predicted octanol–water partition coefficient (Wildman–Crippen LogP) is 1.56. The molecule has 0 saturated heterocycles. The predicted molar refractivity (Wildman–Crippen MR) is 113 cm³/mol. The van der Waals surface area contributed by atoms with E-state index in [2.05, 4.69) is 15.3 Å². The number of hydrogen-bond donors (Lipinski definition) is 7. The van der Waals surface area contributed by atoms with E-state index in [0.717, 1.165) is 0 Å². The van der Waals surface area contributed by atoms with Crippen molar-refractivity contribution in [1.82, 2.24) is 9.97 Å². The monoisotopic (exact) mass is 433 g/mol. The van der Waals surface area contributed by atoms with Crippen molar-refractivity contribution >= 4 is 28.4 Å². The third-order valence-electron chi connectivity index (χ3n) is 4.89. The summed E-state index contributed by atoms with van der Waals surface area (Å²) in [6.45, 7) is 1.49. The van der Waals surface area contributed by atoms with Crippen LogP contribution in [0.1, 0.15) is 11.1 Å². The molecular weight excluding hydrogens is 410 g/mol. The zero-order valence-corrected chi connectivity index (χ0v) is 17.3. The lowest BCUT2D eigenvalue weighted by Gasteiger charge is -2.20. The fourth-order valence-corrected chi connectivity index (χ4v) is 3.40. The van der Waals surface area contributed by atoms with Crippen LogP contribution in [0, 0.1) is 6.92 Å². The van der Waals surface area contributed by atoms with Gasteiger partial charge in [-0.1, -0.05) is 0 Å². The van der Waals surface area contributed by atoms with Crippen LogP contribution < -0.4 is 31.0 Å². The first kappa shape index (κ1) is 21.5. The lowest BCUT2D eigenvalue weighted by molar-refractivity contribution is 0.299. The van der Waals surface area contributed by atoms with Crippen molar-refractivity contribution in [2.75, 3.05) is 38.1 Å². The Labute approximate surface area is 176 Å². The molecule has 2 aromatic carbocycles. The molecule has 0 aliphatic heterocycles. The largest absolute Gasteiger partial charge is 0.504 e. The minimum atomic E-state index is -0.531. The van der Waals surface area contributed by atoms with E-state index in [9.17, 15) is 20.4 Å². The number of benzene rings is 2. The van der Waals surface area contributed by atoms with Gasteiger partial charge in [0.05, 0.1) is 21.3 Å². The third-order valence-corrected chi connectivity index (χ3v) is 4.89. The quantitative estimate of drug-likeness (QED) is 0.277. The number of fused-ring (bicyclic) bond motifs is 1. The molecule has 31 heavy (non-hydrogen) atoms. The number of nitrogens with two attached hydrogens (primary N) is 2. The molecule has 0 fully saturated rings. The van der Waals surface area contributed by atoms with E-state index in [1.807, 2.05) is 0 Å². The van der Waals surface area contributed by atoms with Crippen LogP contribution in [0.2, 0.25) is 0 Å². The Kier molecular flexibility index (Phi) is 5.47. The Bertz CT molecular complexity index is 1150. The molecule has 0 unspecified atom stereocenters. The molecule has 0 bridgehead atoms. The van der Waals surface area contributed by atoms with Crippen LogP contribution in [0.4, 0.5) is 17.5 Å². The Morgan fingerprint density at radius 2 is 1.35 bits per heavy atom. The van der Waals surface area contributed by atoms with Crippen molar-refractivity contribution < 1.29 is 34.6 Å². The van der Waals surface area contributed by atoms with Gasteiger partial charge in [-0.25, -0.2) is 4.98 Å². The van der Waals surface area contributed by atoms with Gasteiger partial charge in [0, 0.05) is 17.5 Å². The smallest absolute Gasteiger partial charge is 0.222 e. The van der Waals surface area contributed by atoms with E-state index in [1.165, 1.54) is 21.3 Å². The van der Waals surface area contributed by atoms with Crippen molar-refractivity contribution in [2.24, 2.45) is 0 Å². The number of hydrogen-bond acceptors (Lipinski definition) is 12. The molecule has 12 heteroatoms. The molecule has 0 saturated carbocycles. The van der Waals surface area contributed by atoms with Crippen molar-refractivity contribution in [1.29, 1.82) is 0 Å². The molecule has 12 nitrogen and oxygen atoms in total. The summed E-state index contributed by atoms with van der Waals surface area (Å²) in [6, 6.07) is 0. The standard InChI is InChI=1S/C19H23N5O7/c1-6-7(11(25)12(26)9-8(6)18(20)24-19(21)23-9)5-22-10-13(27)15(29-2)17(31-4)16(30-3)14(10)28/h22,25-28H,5H2,1-4H3,(H4,20,21,23,24). The van der Waals surface area contributed by atoms with Crippen LogP contribution in [0.5, 0.6) is 40.2 Å². The zero-order valence-electron chi connectivity index (χ0n) is 17.3. The molecular formula is C19H23N5O7. The highest BCUT2D eigenvalue weighted by molar-refractivity contribution is 5.98. The molecule has 9 N–H and O–H groups in total. The van der Waals surface area contributed by atoms with Gasteiger partial charge in [-0.3, -0.25) is 0 Å². The van der Waals surface area contributed by atoms with Crippen molar-refractivity contribution in [3.05, 3.63) is 11.1 Å². The molecule has 3 aromatic rings. The second-order valence-electron chi connectivity index (χ2n) is 6.52. The fourth-order valence-electron chi connectivity index (χ4n) is 3.40. The summed E-state index contributed by atoms with van der Waals surface area (Å²) < 4.78 is 15.5. The first-order chi connectivity index (χ1) is 14.7. The van der Waals surface area contributed by atoms with Gasteiger partial charge in [0.2, 0.25) is 23.2 Å². The number of nitrogen functional groups attached to an aromatic ring is 2. The van der Waals surface area contributed by atoms with Crippen LogP contribution in [0.15, 0.2) is 0 Å². The number of aromatic hydroxyl groups is 4. The van der Waals surface area contributed by atoms with Crippen LogP contribution in [-0.2, 0) is 6.54 Å². The lowest BCUT2D eigenvalue weighted by atomic mass is 10.0. The summed E-state index contributed by atoms with van der Waals surface area (Å²) in [4.78, 5) is 7.83. The van der Waals surface area contributed by atoms with Gasteiger partial charge in [-0.15, -0.1) is 0 Å². The van der Waals surface area contributed by atoms with E-state index in [4.69, 9.17) is 25.7 Å². The van der Waals surface area contributed by atoms with Gasteiger partial charge < -0.3 is 51.4 Å². The van der Waals surface area contributed by atoms with Crippen LogP contribution >= 0.6 is 0 Å². The summed E-state index contributed by atoms with van der Waals surface area (Å²) in [6.07, 6.45) is 0. The van der Waals surface area contributed by atoms with Crippen LogP contribution in [0.3, 0.4) is 0 Å². The molecule has 1 heterocycles. The maximum absolute atomic E-state index is 10.6. The summed E-state index contributed by atoms with van der Waals surface area (Å²) in [5.74, 6) is -2.18. The molecule has 0 amide bonds. The number of anilines is 3. The van der Waals surface area contributed by atoms with Crippen molar-refractivity contribution in [3.63, 3.8) is 0 Å². The SMILES string of the molecule is COc1c(O)c(NCc2c(O)c(O)c3nc(N)nc(N)c3c2C)c(O)c(OC)c1OC. The van der Waals surface area contributed by atoms with E-state index in [-0.39, 0.29) is 52.3 Å². The average molecular weight is 433 g/mol. The highest BCUT2D eigenvalue weighted by Crippen LogP contribution is 2.55. The van der Waals surface area contributed by atoms with Gasteiger partial charge in [-0.2, -0.15) is 4.98 Å². The highest BCUT2D eigenvalue weighted by atomic mass is 16.5. The Balaban J connectivity index is 2.14. The van der Waals surface area contributed by atoms with Gasteiger partial charge in [0.25, 0.3) is 0 Å². The third kappa shape index (κ3) is 3.27. The normalized spacial score (nSPS) is 10.8. The number of aryl methyl sites for hydroxylation is 1. The maximum atomic E-state index is 10.6. The molecule has 0 aliphatic rings. The highest BCUT2D eigenvalue weighted by Gasteiger charge is 2.27. The van der Waals surface area contributed by atoms with Gasteiger partial charge in [-0.05, 0) is 12.5 Å². The zero-order chi connectivity index (χ0) is 23.0. The van der Waals surface area contributed by atoms with E-state index >= 15 is 0 Å². The van der Waals surface area contributed by atoms with E-state index < -0.39 is 23.0 Å². The Morgan fingerprint density at radius 3 is 1.87 bits per heavy atom. The summed E-state index contributed by atoms with van der Waals surface area (Å²) >= 11 is 0. The number of methoxy groups -OCH3 is 3. The summed E-state index contributed by atoms with van der Waals surface area (Å²) in [7, 11) is 3.94. The molecule has 0 radical (unpaired) electrons. The van der Waals surface area contributed by atoms with Crippen LogP contribution in [0.25, 0.3) is 10.9 Å². The number of nitrogens with zero attached hydrogens (tertiary/aromatic N) is 2. The fraction of sp³-hybridized carbons (Fsp3) is 0.263. The molecule has 166 valence electrons. The van der Waals surface area contributed by atoms with Crippen molar-refractivity contribution in [2.45, 2.75) is 13.5 Å². The van der Waals surface area contributed by atoms with Crippen molar-refractivity contribution in [3.8, 4) is 40.2 Å². The molecule has 3 rings (SSSR count). The number of phenolic OH excluding ortho intramolecular Hbond substituents is 4. The minimum absolute atomic E-state index is 0.00207. The second-order valence-corrected chi connectivity index (χ2v) is 6.52. The van der Waals surface area contributed by atoms with Crippen LogP contribution in [-0.4, -0.2) is 51.7 Å². The number of rotatable bonds is 6. The summed E-state index contributed by atoms with van der Waals surface area (Å²) in [5, 5.41) is 45.2. The van der Waals surface area contributed by atoms with Gasteiger partial charge in [0.1, 0.15) is 17.0 Å². The Morgan fingerprint density at radius 1 is 0.806 bits per heavy atom. The first-order valence-electron chi connectivity index (χ1n) is 8.91. The summed E-state index contributed by atoms with van der Waals surface area (Å²) in [5.41, 5.74) is 12.1.